The van der Waals surface area contributed by atoms with Crippen molar-refractivity contribution in [3.8, 4) is 5.75 Å². The first-order valence-electron chi connectivity index (χ1n) is 6.40. The molecule has 0 saturated carbocycles. The zero-order chi connectivity index (χ0) is 16.3. The lowest BCUT2D eigenvalue weighted by atomic mass is 10.1. The van der Waals surface area contributed by atoms with E-state index in [-0.39, 0.29) is 11.3 Å². The summed E-state index contributed by atoms with van der Waals surface area (Å²) >= 11 is 0. The van der Waals surface area contributed by atoms with Gasteiger partial charge in [-0.05, 0) is 51.5 Å². The Morgan fingerprint density at radius 2 is 1.81 bits per heavy atom. The summed E-state index contributed by atoms with van der Waals surface area (Å²) in [7, 11) is -2.55. The number of carboxylic acid groups (broad SMARTS) is 1. The second-order valence-corrected chi connectivity index (χ2v) is 7.58. The molecule has 6 heteroatoms. The van der Waals surface area contributed by atoms with E-state index >= 15 is 0 Å². The van der Waals surface area contributed by atoms with E-state index in [4.69, 9.17) is 4.74 Å². The van der Waals surface area contributed by atoms with Gasteiger partial charge in [-0.1, -0.05) is 11.6 Å². The highest BCUT2D eigenvalue weighted by molar-refractivity contribution is 7.93. The number of rotatable bonds is 6. The molecule has 21 heavy (non-hydrogen) atoms. The molecule has 0 saturated heterocycles. The fourth-order valence-electron chi connectivity index (χ4n) is 1.73. The Morgan fingerprint density at radius 3 is 2.19 bits per heavy atom. The lowest BCUT2D eigenvalue weighted by Crippen LogP contribution is -2.43. The van der Waals surface area contributed by atoms with Crippen LogP contribution in [0.25, 0.3) is 0 Å². The number of carbonyl (C=O) groups is 1. The van der Waals surface area contributed by atoms with Crippen LogP contribution >= 0.6 is 0 Å². The minimum absolute atomic E-state index is 0.0321. The quantitative estimate of drug-likeness (QED) is 0.817. The SMILES string of the molecule is COc1ccc(S(=O)(=O)C(C)(CC=C(C)C)C(=O)O)cc1. The summed E-state index contributed by atoms with van der Waals surface area (Å²) in [5.41, 5.74) is 0.868. The maximum atomic E-state index is 12.7. The highest BCUT2D eigenvalue weighted by Gasteiger charge is 2.46. The Balaban J connectivity index is 3.33. The molecule has 1 unspecified atom stereocenters. The Hall–Kier alpha value is -1.82. The molecule has 0 aliphatic carbocycles. The zero-order valence-corrected chi connectivity index (χ0v) is 13.4. The molecule has 0 fully saturated rings. The molecule has 0 heterocycles. The van der Waals surface area contributed by atoms with Crippen LogP contribution in [-0.2, 0) is 14.6 Å². The number of aliphatic carboxylic acids is 1. The van der Waals surface area contributed by atoms with Crippen molar-refractivity contribution >= 4 is 15.8 Å². The molecule has 0 bridgehead atoms. The van der Waals surface area contributed by atoms with Crippen molar-refractivity contribution in [2.24, 2.45) is 0 Å². The molecule has 0 spiro atoms. The number of sulfone groups is 1. The summed E-state index contributed by atoms with van der Waals surface area (Å²) in [6.07, 6.45) is 1.54. The number of hydrogen-bond acceptors (Lipinski definition) is 4. The van der Waals surface area contributed by atoms with Crippen molar-refractivity contribution in [2.75, 3.05) is 7.11 Å². The van der Waals surface area contributed by atoms with E-state index < -0.39 is 20.6 Å². The molecule has 116 valence electrons. The van der Waals surface area contributed by atoms with Crippen LogP contribution in [0, 0.1) is 0 Å². The maximum Gasteiger partial charge on any atom is 0.325 e. The van der Waals surface area contributed by atoms with E-state index in [2.05, 4.69) is 0 Å². The largest absolute Gasteiger partial charge is 0.497 e. The molecule has 5 nitrogen and oxygen atoms in total. The third-order valence-electron chi connectivity index (χ3n) is 3.32. The molecule has 0 radical (unpaired) electrons. The number of ether oxygens (including phenoxy) is 1. The second kappa shape index (κ2) is 6.30. The van der Waals surface area contributed by atoms with Crippen molar-refractivity contribution < 1.29 is 23.1 Å². The van der Waals surface area contributed by atoms with E-state index in [9.17, 15) is 18.3 Å². The van der Waals surface area contributed by atoms with Crippen molar-refractivity contribution in [2.45, 2.75) is 36.8 Å². The first-order chi connectivity index (χ1) is 9.65. The number of methoxy groups -OCH3 is 1. The average molecular weight is 312 g/mol. The highest BCUT2D eigenvalue weighted by atomic mass is 32.2. The minimum Gasteiger partial charge on any atom is -0.497 e. The van der Waals surface area contributed by atoms with Crippen molar-refractivity contribution in [3.05, 3.63) is 35.9 Å². The summed E-state index contributed by atoms with van der Waals surface area (Å²) in [5.74, 6) is -0.855. The van der Waals surface area contributed by atoms with Crippen molar-refractivity contribution in [1.82, 2.24) is 0 Å². The molecule has 1 N–H and O–H groups in total. The van der Waals surface area contributed by atoms with E-state index in [1.807, 2.05) is 0 Å². The van der Waals surface area contributed by atoms with Crippen LogP contribution in [0.15, 0.2) is 40.8 Å². The summed E-state index contributed by atoms with van der Waals surface area (Å²) in [4.78, 5) is 11.5. The van der Waals surface area contributed by atoms with E-state index in [0.717, 1.165) is 5.57 Å². The third-order valence-corrected chi connectivity index (χ3v) is 5.74. The maximum absolute atomic E-state index is 12.7. The fraction of sp³-hybridized carbons (Fsp3) is 0.400. The molecule has 1 rings (SSSR count). The first kappa shape index (κ1) is 17.2. The number of benzene rings is 1. The summed E-state index contributed by atoms with van der Waals surface area (Å²) in [6.45, 7) is 4.82. The van der Waals surface area contributed by atoms with Gasteiger partial charge in [0.2, 0.25) is 0 Å². The third kappa shape index (κ3) is 3.44. The van der Waals surface area contributed by atoms with Crippen LogP contribution < -0.4 is 4.74 Å². The van der Waals surface area contributed by atoms with Gasteiger partial charge >= 0.3 is 5.97 Å². The lowest BCUT2D eigenvalue weighted by molar-refractivity contribution is -0.139. The van der Waals surface area contributed by atoms with Crippen LogP contribution in [0.2, 0.25) is 0 Å². The van der Waals surface area contributed by atoms with E-state index in [0.29, 0.717) is 5.75 Å². The number of allylic oxidation sites excluding steroid dienone is 2. The van der Waals surface area contributed by atoms with Crippen LogP contribution in [0.1, 0.15) is 27.2 Å². The standard InChI is InChI=1S/C15H20O5S/c1-11(2)9-10-15(3,14(16)17)21(18,19)13-7-5-12(20-4)6-8-13/h5-9H,10H2,1-4H3,(H,16,17). The lowest BCUT2D eigenvalue weighted by Gasteiger charge is -2.24. The molecule has 1 aromatic carbocycles. The van der Waals surface area contributed by atoms with Gasteiger partial charge in [-0.2, -0.15) is 0 Å². The van der Waals surface area contributed by atoms with Gasteiger partial charge in [0.1, 0.15) is 5.75 Å². The van der Waals surface area contributed by atoms with E-state index in [1.165, 1.54) is 38.3 Å². The van der Waals surface area contributed by atoms with E-state index in [1.54, 1.807) is 19.9 Å². The Bertz CT molecular complexity index is 639. The second-order valence-electron chi connectivity index (χ2n) is 5.20. The molecule has 0 aliphatic heterocycles. The van der Waals surface area contributed by atoms with Gasteiger partial charge in [-0.3, -0.25) is 4.79 Å². The average Bonchev–Trinajstić information content (AvgIpc) is 2.44. The van der Waals surface area contributed by atoms with Gasteiger partial charge in [0.05, 0.1) is 12.0 Å². The molecule has 0 aliphatic rings. The molecular weight excluding hydrogens is 292 g/mol. The van der Waals surface area contributed by atoms with Crippen LogP contribution in [0.3, 0.4) is 0 Å². The van der Waals surface area contributed by atoms with Gasteiger partial charge in [-0.25, -0.2) is 8.42 Å². The molecular formula is C15H20O5S. The van der Waals surface area contributed by atoms with Crippen molar-refractivity contribution in [1.29, 1.82) is 0 Å². The molecule has 1 atom stereocenters. The van der Waals surface area contributed by atoms with Gasteiger partial charge in [0, 0.05) is 0 Å². The minimum atomic E-state index is -4.02. The normalized spacial score (nSPS) is 14.1. The number of carboxylic acids is 1. The molecule has 0 aromatic heterocycles. The van der Waals surface area contributed by atoms with Gasteiger partial charge < -0.3 is 9.84 Å². The van der Waals surface area contributed by atoms with Crippen LogP contribution in [-0.4, -0.2) is 31.4 Å². The van der Waals surface area contributed by atoms with Crippen molar-refractivity contribution in [3.63, 3.8) is 0 Å². The molecule has 0 amide bonds. The highest BCUT2D eigenvalue weighted by Crippen LogP contribution is 2.31. The monoisotopic (exact) mass is 312 g/mol. The summed E-state index contributed by atoms with van der Waals surface area (Å²) in [5, 5.41) is 9.41. The Labute approximate surface area is 125 Å². The topological polar surface area (TPSA) is 80.7 Å². The van der Waals surface area contributed by atoms with Gasteiger partial charge in [-0.15, -0.1) is 0 Å². The first-order valence-corrected chi connectivity index (χ1v) is 7.89. The predicted molar refractivity (Wildman–Crippen MR) is 80.3 cm³/mol. The van der Waals surface area contributed by atoms with Gasteiger partial charge in [0.25, 0.3) is 0 Å². The predicted octanol–water partition coefficient (Wildman–Crippen LogP) is 2.67. The smallest absolute Gasteiger partial charge is 0.325 e. The summed E-state index contributed by atoms with van der Waals surface area (Å²) < 4.78 is 28.4. The van der Waals surface area contributed by atoms with Gasteiger partial charge in [0.15, 0.2) is 14.6 Å². The summed E-state index contributed by atoms with van der Waals surface area (Å²) in [6, 6.07) is 5.71. The molecule has 1 aromatic rings. The zero-order valence-electron chi connectivity index (χ0n) is 12.6. The van der Waals surface area contributed by atoms with Crippen LogP contribution in [0.4, 0.5) is 0 Å². The fourth-order valence-corrected chi connectivity index (χ4v) is 3.27. The Kier molecular flexibility index (Phi) is 5.17. The Morgan fingerprint density at radius 1 is 1.29 bits per heavy atom. The number of hydrogen-bond donors (Lipinski definition) is 1. The van der Waals surface area contributed by atoms with Crippen LogP contribution in [0.5, 0.6) is 5.75 Å².